The molecule has 0 radical (unpaired) electrons. The molecule has 2 aromatic rings. The fourth-order valence-corrected chi connectivity index (χ4v) is 2.64. The number of methoxy groups -OCH3 is 1. The van der Waals surface area contributed by atoms with E-state index < -0.39 is 6.61 Å². The van der Waals surface area contributed by atoms with E-state index >= 15 is 0 Å². The highest BCUT2D eigenvalue weighted by Crippen LogP contribution is 2.22. The lowest BCUT2D eigenvalue weighted by atomic mass is 10.1. The Balaban J connectivity index is 1.96. The van der Waals surface area contributed by atoms with E-state index in [1.807, 2.05) is 31.2 Å². The molecule has 0 saturated heterocycles. The average Bonchev–Trinajstić information content (AvgIpc) is 2.64. The topological polar surface area (TPSA) is 54.9 Å². The Bertz CT molecular complexity index is 767. The van der Waals surface area contributed by atoms with Gasteiger partial charge in [-0.15, -0.1) is 0 Å². The van der Waals surface area contributed by atoms with Gasteiger partial charge in [0.2, 0.25) is 0 Å². The summed E-state index contributed by atoms with van der Waals surface area (Å²) in [5.74, 6) is 0.725. The second kappa shape index (κ2) is 10.5. The molecule has 146 valence electrons. The maximum absolute atomic E-state index is 12.6. The molecule has 2 rings (SSSR count). The highest BCUT2D eigenvalue weighted by atomic mass is 19.3. The lowest BCUT2D eigenvalue weighted by molar-refractivity contribution is -0.0504. The van der Waals surface area contributed by atoms with Crippen LogP contribution in [0, 0.1) is 6.92 Å². The molecule has 0 spiro atoms. The number of aryl methyl sites for hydroxylation is 1. The number of benzene rings is 2. The third-order valence-electron chi connectivity index (χ3n) is 3.86. The second-order valence-corrected chi connectivity index (χ2v) is 6.02. The van der Waals surface area contributed by atoms with Crippen LogP contribution >= 0.6 is 0 Å². The van der Waals surface area contributed by atoms with Gasteiger partial charge in [-0.2, -0.15) is 8.78 Å². The number of guanidine groups is 1. The number of alkyl halides is 2. The molecule has 0 aliphatic rings. The predicted octanol–water partition coefficient (Wildman–Crippen LogP) is 3.61. The number of hydrogen-bond acceptors (Lipinski definition) is 3. The summed E-state index contributed by atoms with van der Waals surface area (Å²) < 4.78 is 34.9. The zero-order valence-corrected chi connectivity index (χ0v) is 15.8. The van der Waals surface area contributed by atoms with Gasteiger partial charge in [-0.25, -0.2) is 0 Å². The first-order chi connectivity index (χ1) is 13.0. The number of nitrogens with zero attached hydrogens (tertiary/aromatic N) is 1. The normalized spacial score (nSPS) is 11.6. The molecule has 0 aliphatic heterocycles. The quantitative estimate of drug-likeness (QED) is 0.545. The van der Waals surface area contributed by atoms with E-state index in [9.17, 15) is 8.78 Å². The van der Waals surface area contributed by atoms with Gasteiger partial charge in [0.25, 0.3) is 0 Å². The van der Waals surface area contributed by atoms with Crippen molar-refractivity contribution in [3.8, 4) is 5.75 Å². The summed E-state index contributed by atoms with van der Waals surface area (Å²) in [6, 6.07) is 13.1. The van der Waals surface area contributed by atoms with Crippen LogP contribution in [0.5, 0.6) is 5.75 Å². The zero-order chi connectivity index (χ0) is 19.6. The molecule has 0 atom stereocenters. The van der Waals surface area contributed by atoms with Crippen molar-refractivity contribution in [1.82, 2.24) is 10.6 Å². The van der Waals surface area contributed by atoms with Crippen LogP contribution < -0.4 is 15.4 Å². The molecule has 0 aliphatic carbocycles. The van der Waals surface area contributed by atoms with Gasteiger partial charge in [0.15, 0.2) is 5.96 Å². The van der Waals surface area contributed by atoms with Crippen LogP contribution in [0.25, 0.3) is 0 Å². The van der Waals surface area contributed by atoms with Crippen molar-refractivity contribution in [2.24, 2.45) is 4.99 Å². The Morgan fingerprint density at radius 3 is 2.52 bits per heavy atom. The summed E-state index contributed by atoms with van der Waals surface area (Å²) in [4.78, 5) is 4.17. The Morgan fingerprint density at radius 2 is 1.81 bits per heavy atom. The van der Waals surface area contributed by atoms with Crippen LogP contribution in [-0.4, -0.2) is 26.7 Å². The van der Waals surface area contributed by atoms with Gasteiger partial charge in [-0.3, -0.25) is 4.99 Å². The molecule has 0 fully saturated rings. The monoisotopic (exact) mass is 377 g/mol. The van der Waals surface area contributed by atoms with Crippen LogP contribution in [0.15, 0.2) is 47.5 Å². The number of halogens is 2. The summed E-state index contributed by atoms with van der Waals surface area (Å²) in [6.07, 6.45) is 0. The molecule has 27 heavy (non-hydrogen) atoms. The van der Waals surface area contributed by atoms with Crippen LogP contribution in [0.1, 0.15) is 22.3 Å². The van der Waals surface area contributed by atoms with E-state index in [1.54, 1.807) is 26.3 Å². The molecule has 0 saturated carbocycles. The van der Waals surface area contributed by atoms with Crippen molar-refractivity contribution in [2.45, 2.75) is 33.2 Å². The fourth-order valence-electron chi connectivity index (χ4n) is 2.64. The third-order valence-corrected chi connectivity index (χ3v) is 3.86. The largest absolute Gasteiger partial charge is 0.434 e. The minimum atomic E-state index is -2.86. The number of rotatable bonds is 8. The molecule has 0 heterocycles. The fraction of sp³-hybridized carbons (Fsp3) is 0.350. The molecular formula is C20H25F2N3O2. The predicted molar refractivity (Wildman–Crippen MR) is 102 cm³/mol. The lowest BCUT2D eigenvalue weighted by Gasteiger charge is -2.15. The maximum atomic E-state index is 12.6. The molecule has 0 amide bonds. The van der Waals surface area contributed by atoms with Crippen LogP contribution in [0.4, 0.5) is 8.78 Å². The minimum absolute atomic E-state index is 0.158. The van der Waals surface area contributed by atoms with Crippen LogP contribution in [0.2, 0.25) is 0 Å². The number of aliphatic imine (C=N–C) groups is 1. The van der Waals surface area contributed by atoms with E-state index in [1.165, 1.54) is 0 Å². The van der Waals surface area contributed by atoms with Crippen molar-refractivity contribution < 1.29 is 18.3 Å². The van der Waals surface area contributed by atoms with Crippen LogP contribution in [0.3, 0.4) is 0 Å². The first kappa shape index (κ1) is 20.6. The van der Waals surface area contributed by atoms with Crippen molar-refractivity contribution in [2.75, 3.05) is 14.2 Å². The van der Waals surface area contributed by atoms with Gasteiger partial charge in [0.1, 0.15) is 5.75 Å². The molecular weight excluding hydrogens is 352 g/mol. The lowest BCUT2D eigenvalue weighted by Crippen LogP contribution is -2.36. The SMILES string of the molecule is CN=C(NCc1cccc(COC)c1)NCc1cc(C)ccc1OC(F)F. The van der Waals surface area contributed by atoms with Crippen molar-refractivity contribution >= 4 is 5.96 Å². The average molecular weight is 377 g/mol. The van der Waals surface area contributed by atoms with Crippen molar-refractivity contribution in [1.29, 1.82) is 0 Å². The van der Waals surface area contributed by atoms with E-state index in [0.29, 0.717) is 31.2 Å². The molecule has 0 unspecified atom stereocenters. The summed E-state index contributed by atoms with van der Waals surface area (Å²) in [5.41, 5.74) is 3.78. The molecule has 7 heteroatoms. The molecule has 0 aromatic heterocycles. The Labute approximate surface area is 158 Å². The van der Waals surface area contributed by atoms with E-state index in [4.69, 9.17) is 4.74 Å². The first-order valence-corrected chi connectivity index (χ1v) is 8.57. The third kappa shape index (κ3) is 6.86. The Morgan fingerprint density at radius 1 is 1.07 bits per heavy atom. The minimum Gasteiger partial charge on any atom is -0.434 e. The van der Waals surface area contributed by atoms with Gasteiger partial charge >= 0.3 is 6.61 Å². The van der Waals surface area contributed by atoms with E-state index in [0.717, 1.165) is 16.7 Å². The summed E-state index contributed by atoms with van der Waals surface area (Å²) in [6.45, 7) is 0.485. The maximum Gasteiger partial charge on any atom is 0.387 e. The number of ether oxygens (including phenoxy) is 2. The second-order valence-electron chi connectivity index (χ2n) is 6.02. The van der Waals surface area contributed by atoms with E-state index in [-0.39, 0.29) is 5.75 Å². The summed E-state index contributed by atoms with van der Waals surface area (Å²) in [5, 5.41) is 6.34. The zero-order valence-electron chi connectivity index (χ0n) is 15.8. The Kier molecular flexibility index (Phi) is 8.00. The summed E-state index contributed by atoms with van der Waals surface area (Å²) >= 11 is 0. The van der Waals surface area contributed by atoms with Gasteiger partial charge in [-0.1, -0.05) is 42.0 Å². The van der Waals surface area contributed by atoms with Gasteiger partial charge in [0.05, 0.1) is 6.61 Å². The molecule has 0 bridgehead atoms. The standard InChI is InChI=1S/C20H25F2N3O2/c1-14-7-8-18(27-19(21)22)17(9-14)12-25-20(23-2)24-11-15-5-4-6-16(10-15)13-26-3/h4-10,19H,11-13H2,1-3H3,(H2,23,24,25). The molecule has 2 N–H and O–H groups in total. The number of nitrogens with one attached hydrogen (secondary N) is 2. The van der Waals surface area contributed by atoms with Gasteiger partial charge in [0, 0.05) is 32.8 Å². The van der Waals surface area contributed by atoms with E-state index in [2.05, 4.69) is 26.4 Å². The van der Waals surface area contributed by atoms with Crippen molar-refractivity contribution in [3.05, 3.63) is 64.7 Å². The number of hydrogen-bond donors (Lipinski definition) is 2. The Hall–Kier alpha value is -2.67. The first-order valence-electron chi connectivity index (χ1n) is 8.57. The highest BCUT2D eigenvalue weighted by molar-refractivity contribution is 5.79. The van der Waals surface area contributed by atoms with Crippen LogP contribution in [-0.2, 0) is 24.4 Å². The van der Waals surface area contributed by atoms with Gasteiger partial charge < -0.3 is 20.1 Å². The van der Waals surface area contributed by atoms with Crippen molar-refractivity contribution in [3.63, 3.8) is 0 Å². The molecule has 5 nitrogen and oxygen atoms in total. The summed E-state index contributed by atoms with van der Waals surface area (Å²) in [7, 11) is 3.32. The van der Waals surface area contributed by atoms with Gasteiger partial charge in [-0.05, 0) is 24.1 Å². The smallest absolute Gasteiger partial charge is 0.387 e. The highest BCUT2D eigenvalue weighted by Gasteiger charge is 2.10. The molecule has 2 aromatic carbocycles.